The van der Waals surface area contributed by atoms with Crippen LogP contribution >= 0.6 is 0 Å². The number of hydrogen-bond donors (Lipinski definition) is 1. The highest BCUT2D eigenvalue weighted by atomic mass is 16.3. The third-order valence-electron chi connectivity index (χ3n) is 2.77. The first-order valence-electron chi connectivity index (χ1n) is 6.62. The minimum atomic E-state index is 0.261. The molecule has 2 N–H and O–H groups in total. The lowest BCUT2D eigenvalue weighted by Crippen LogP contribution is -2.38. The molecule has 1 aromatic rings. The molecular formula is C14H26N2O. The molecule has 98 valence electrons. The zero-order valence-electron chi connectivity index (χ0n) is 11.4. The van der Waals surface area contributed by atoms with Gasteiger partial charge in [0.1, 0.15) is 5.76 Å². The van der Waals surface area contributed by atoms with E-state index in [9.17, 15) is 0 Å². The van der Waals surface area contributed by atoms with Crippen molar-refractivity contribution in [3.63, 3.8) is 0 Å². The summed E-state index contributed by atoms with van der Waals surface area (Å²) in [7, 11) is 0. The van der Waals surface area contributed by atoms with Crippen molar-refractivity contribution in [2.45, 2.75) is 46.2 Å². The van der Waals surface area contributed by atoms with Crippen LogP contribution in [-0.2, 0) is 6.54 Å². The highest BCUT2D eigenvalue weighted by Gasteiger charge is 2.12. The van der Waals surface area contributed by atoms with Crippen LogP contribution in [0.4, 0.5) is 0 Å². The summed E-state index contributed by atoms with van der Waals surface area (Å²) in [5, 5.41) is 0. The largest absolute Gasteiger partial charge is 0.468 e. The van der Waals surface area contributed by atoms with Crippen LogP contribution in [-0.4, -0.2) is 24.0 Å². The number of nitrogens with two attached hydrogens (primary N) is 1. The summed E-state index contributed by atoms with van der Waals surface area (Å²) in [6, 6.07) is 4.22. The maximum atomic E-state index is 6.16. The Hall–Kier alpha value is -0.800. The SMILES string of the molecule is CCCN(Cc1ccco1)C[C@H](N)CC(C)C. The lowest BCUT2D eigenvalue weighted by Gasteiger charge is -2.25. The molecule has 0 fully saturated rings. The summed E-state index contributed by atoms with van der Waals surface area (Å²) < 4.78 is 5.39. The normalized spacial score (nSPS) is 13.5. The van der Waals surface area contributed by atoms with E-state index < -0.39 is 0 Å². The summed E-state index contributed by atoms with van der Waals surface area (Å²) >= 11 is 0. The molecule has 3 heteroatoms. The van der Waals surface area contributed by atoms with Crippen molar-refractivity contribution >= 4 is 0 Å². The molecule has 17 heavy (non-hydrogen) atoms. The van der Waals surface area contributed by atoms with Crippen molar-refractivity contribution in [2.75, 3.05) is 13.1 Å². The number of rotatable bonds is 8. The second kappa shape index (κ2) is 7.51. The van der Waals surface area contributed by atoms with Gasteiger partial charge in [0.15, 0.2) is 0 Å². The van der Waals surface area contributed by atoms with Gasteiger partial charge in [-0.1, -0.05) is 20.8 Å². The van der Waals surface area contributed by atoms with E-state index in [1.807, 2.05) is 12.1 Å². The van der Waals surface area contributed by atoms with E-state index in [4.69, 9.17) is 10.2 Å². The molecule has 1 heterocycles. The summed E-state index contributed by atoms with van der Waals surface area (Å²) in [4.78, 5) is 2.38. The van der Waals surface area contributed by atoms with Crippen molar-refractivity contribution in [1.82, 2.24) is 4.90 Å². The Kier molecular flexibility index (Phi) is 6.30. The molecule has 1 aromatic heterocycles. The Morgan fingerprint density at radius 2 is 2.18 bits per heavy atom. The van der Waals surface area contributed by atoms with E-state index in [1.165, 1.54) is 0 Å². The van der Waals surface area contributed by atoms with Crippen molar-refractivity contribution in [2.24, 2.45) is 11.7 Å². The summed E-state index contributed by atoms with van der Waals surface area (Å²) in [5.41, 5.74) is 6.16. The van der Waals surface area contributed by atoms with Gasteiger partial charge in [0.2, 0.25) is 0 Å². The molecule has 0 bridgehead atoms. The molecule has 0 spiro atoms. The Labute approximate surface area is 105 Å². The van der Waals surface area contributed by atoms with Crippen LogP contribution in [0.5, 0.6) is 0 Å². The van der Waals surface area contributed by atoms with Crippen LogP contribution in [0.2, 0.25) is 0 Å². The molecule has 0 unspecified atom stereocenters. The fourth-order valence-electron chi connectivity index (χ4n) is 2.19. The molecule has 0 aliphatic heterocycles. The monoisotopic (exact) mass is 238 g/mol. The third kappa shape index (κ3) is 5.89. The molecule has 1 atom stereocenters. The van der Waals surface area contributed by atoms with Gasteiger partial charge in [-0.2, -0.15) is 0 Å². The lowest BCUT2D eigenvalue weighted by atomic mass is 10.0. The average molecular weight is 238 g/mol. The van der Waals surface area contributed by atoms with E-state index >= 15 is 0 Å². The number of hydrogen-bond acceptors (Lipinski definition) is 3. The molecule has 1 rings (SSSR count). The minimum absolute atomic E-state index is 0.261. The average Bonchev–Trinajstić information content (AvgIpc) is 2.69. The molecule has 0 radical (unpaired) electrons. The fourth-order valence-corrected chi connectivity index (χ4v) is 2.19. The van der Waals surface area contributed by atoms with Gasteiger partial charge in [-0.3, -0.25) is 4.90 Å². The summed E-state index contributed by atoms with van der Waals surface area (Å²) in [6.07, 6.45) is 3.96. The standard InChI is InChI=1S/C14H26N2O/c1-4-7-16(10-13(15)9-12(2)3)11-14-6-5-8-17-14/h5-6,8,12-13H,4,7,9-11,15H2,1-3H3/t13-/m1/s1. The summed E-state index contributed by atoms with van der Waals surface area (Å²) in [5.74, 6) is 1.69. The molecule has 0 amide bonds. The van der Waals surface area contributed by atoms with Crippen molar-refractivity contribution < 1.29 is 4.42 Å². The first-order valence-corrected chi connectivity index (χ1v) is 6.62. The molecule has 0 saturated carbocycles. The zero-order valence-corrected chi connectivity index (χ0v) is 11.4. The quantitative estimate of drug-likeness (QED) is 0.757. The minimum Gasteiger partial charge on any atom is -0.468 e. The summed E-state index contributed by atoms with van der Waals surface area (Å²) in [6.45, 7) is 9.53. The topological polar surface area (TPSA) is 42.4 Å². The van der Waals surface area contributed by atoms with Crippen LogP contribution in [0, 0.1) is 5.92 Å². The predicted octanol–water partition coefficient (Wildman–Crippen LogP) is 2.87. The molecule has 0 aliphatic rings. The zero-order chi connectivity index (χ0) is 12.7. The van der Waals surface area contributed by atoms with Gasteiger partial charge in [-0.05, 0) is 37.4 Å². The van der Waals surface area contributed by atoms with Crippen LogP contribution in [0.3, 0.4) is 0 Å². The molecular weight excluding hydrogens is 212 g/mol. The van der Waals surface area contributed by atoms with Gasteiger partial charge < -0.3 is 10.2 Å². The van der Waals surface area contributed by atoms with E-state index in [0.29, 0.717) is 5.92 Å². The van der Waals surface area contributed by atoms with E-state index in [0.717, 1.165) is 38.2 Å². The van der Waals surface area contributed by atoms with Gasteiger partial charge in [-0.25, -0.2) is 0 Å². The Bertz CT molecular complexity index is 282. The second-order valence-corrected chi connectivity index (χ2v) is 5.20. The van der Waals surface area contributed by atoms with Crippen LogP contribution in [0.1, 0.15) is 39.4 Å². The van der Waals surface area contributed by atoms with Crippen LogP contribution < -0.4 is 5.73 Å². The first kappa shape index (κ1) is 14.3. The van der Waals surface area contributed by atoms with Crippen molar-refractivity contribution in [3.05, 3.63) is 24.2 Å². The number of furan rings is 1. The highest BCUT2D eigenvalue weighted by molar-refractivity contribution is 4.98. The predicted molar refractivity (Wildman–Crippen MR) is 71.7 cm³/mol. The number of nitrogens with zero attached hydrogens (tertiary/aromatic N) is 1. The van der Waals surface area contributed by atoms with E-state index in [-0.39, 0.29) is 6.04 Å². The van der Waals surface area contributed by atoms with E-state index in [2.05, 4.69) is 25.7 Å². The van der Waals surface area contributed by atoms with Gasteiger partial charge in [-0.15, -0.1) is 0 Å². The van der Waals surface area contributed by atoms with Gasteiger partial charge in [0.25, 0.3) is 0 Å². The van der Waals surface area contributed by atoms with Gasteiger partial charge in [0.05, 0.1) is 12.8 Å². The van der Waals surface area contributed by atoms with Crippen LogP contribution in [0.15, 0.2) is 22.8 Å². The molecule has 3 nitrogen and oxygen atoms in total. The first-order chi connectivity index (χ1) is 8.11. The highest BCUT2D eigenvalue weighted by Crippen LogP contribution is 2.09. The van der Waals surface area contributed by atoms with Gasteiger partial charge in [0, 0.05) is 12.6 Å². The van der Waals surface area contributed by atoms with Crippen molar-refractivity contribution in [1.29, 1.82) is 0 Å². The van der Waals surface area contributed by atoms with Crippen molar-refractivity contribution in [3.8, 4) is 0 Å². The second-order valence-electron chi connectivity index (χ2n) is 5.20. The smallest absolute Gasteiger partial charge is 0.117 e. The Morgan fingerprint density at radius 1 is 1.41 bits per heavy atom. The maximum Gasteiger partial charge on any atom is 0.117 e. The molecule has 0 aromatic carbocycles. The van der Waals surface area contributed by atoms with Gasteiger partial charge >= 0.3 is 0 Å². The fraction of sp³-hybridized carbons (Fsp3) is 0.714. The Morgan fingerprint density at radius 3 is 2.71 bits per heavy atom. The molecule has 0 saturated heterocycles. The van der Waals surface area contributed by atoms with Crippen LogP contribution in [0.25, 0.3) is 0 Å². The third-order valence-corrected chi connectivity index (χ3v) is 2.77. The lowest BCUT2D eigenvalue weighted by molar-refractivity contribution is 0.221. The maximum absolute atomic E-state index is 6.16. The molecule has 0 aliphatic carbocycles. The Balaban J connectivity index is 2.42. The van der Waals surface area contributed by atoms with E-state index in [1.54, 1.807) is 6.26 Å².